The summed E-state index contributed by atoms with van der Waals surface area (Å²) in [6.07, 6.45) is 2.07. The first kappa shape index (κ1) is 11.7. The molecular formula is C11H17N3O. The van der Waals surface area contributed by atoms with Crippen LogP contribution in [0.1, 0.15) is 20.3 Å². The molecule has 0 aliphatic heterocycles. The summed E-state index contributed by atoms with van der Waals surface area (Å²) in [6.45, 7) is 3.95. The van der Waals surface area contributed by atoms with Crippen LogP contribution in [0, 0.1) is 0 Å². The molecule has 0 aromatic carbocycles. The average molecular weight is 207 g/mol. The fourth-order valence-electron chi connectivity index (χ4n) is 1.11. The van der Waals surface area contributed by atoms with E-state index in [-0.39, 0.29) is 11.4 Å². The van der Waals surface area contributed by atoms with E-state index in [2.05, 4.69) is 15.6 Å². The van der Waals surface area contributed by atoms with E-state index in [1.165, 1.54) is 0 Å². The van der Waals surface area contributed by atoms with Gasteiger partial charge in [0.2, 0.25) is 5.91 Å². The molecule has 0 saturated heterocycles. The van der Waals surface area contributed by atoms with Crippen molar-refractivity contribution in [3.05, 3.63) is 24.4 Å². The van der Waals surface area contributed by atoms with Crippen molar-refractivity contribution in [2.45, 2.75) is 25.8 Å². The first-order valence-corrected chi connectivity index (χ1v) is 4.93. The number of amides is 1. The SMILES string of the molecule is CNC(C)(C)CC(=O)Nc1ccccn1. The van der Waals surface area contributed by atoms with Crippen molar-refractivity contribution in [2.24, 2.45) is 0 Å². The Morgan fingerprint density at radius 3 is 2.73 bits per heavy atom. The number of rotatable bonds is 4. The molecule has 4 nitrogen and oxygen atoms in total. The molecule has 1 heterocycles. The number of nitrogens with zero attached hydrogens (tertiary/aromatic N) is 1. The van der Waals surface area contributed by atoms with Gasteiger partial charge < -0.3 is 10.6 Å². The molecule has 0 fully saturated rings. The van der Waals surface area contributed by atoms with Gasteiger partial charge in [0, 0.05) is 18.2 Å². The second kappa shape index (κ2) is 4.89. The Morgan fingerprint density at radius 1 is 1.47 bits per heavy atom. The second-order valence-corrected chi connectivity index (χ2v) is 4.07. The largest absolute Gasteiger partial charge is 0.314 e. The summed E-state index contributed by atoms with van der Waals surface area (Å²) in [5, 5.41) is 5.82. The van der Waals surface area contributed by atoms with Crippen LogP contribution in [0.25, 0.3) is 0 Å². The van der Waals surface area contributed by atoms with Gasteiger partial charge in [-0.1, -0.05) is 6.07 Å². The first-order valence-electron chi connectivity index (χ1n) is 4.93. The number of aromatic nitrogens is 1. The molecule has 1 aromatic heterocycles. The van der Waals surface area contributed by atoms with Crippen molar-refractivity contribution in [3.63, 3.8) is 0 Å². The van der Waals surface area contributed by atoms with Gasteiger partial charge in [0.25, 0.3) is 0 Å². The van der Waals surface area contributed by atoms with Crippen LogP contribution in [0.4, 0.5) is 5.82 Å². The highest BCUT2D eigenvalue weighted by Gasteiger charge is 2.19. The Kier molecular flexibility index (Phi) is 3.80. The van der Waals surface area contributed by atoms with E-state index in [1.807, 2.05) is 33.0 Å². The standard InChI is InChI=1S/C11H17N3O/c1-11(2,12-3)8-10(15)14-9-6-4-5-7-13-9/h4-7,12H,8H2,1-3H3,(H,13,14,15). The summed E-state index contributed by atoms with van der Waals surface area (Å²) in [5.74, 6) is 0.558. The molecule has 0 saturated carbocycles. The lowest BCUT2D eigenvalue weighted by Crippen LogP contribution is -2.39. The van der Waals surface area contributed by atoms with Gasteiger partial charge in [-0.2, -0.15) is 0 Å². The normalized spacial score (nSPS) is 11.1. The van der Waals surface area contributed by atoms with Crippen LogP contribution in [-0.2, 0) is 4.79 Å². The number of pyridine rings is 1. The molecule has 0 atom stereocenters. The summed E-state index contributed by atoms with van der Waals surface area (Å²) >= 11 is 0. The highest BCUT2D eigenvalue weighted by atomic mass is 16.1. The molecule has 0 unspecified atom stereocenters. The Labute approximate surface area is 90.1 Å². The van der Waals surface area contributed by atoms with Crippen LogP contribution in [0.5, 0.6) is 0 Å². The smallest absolute Gasteiger partial charge is 0.227 e. The van der Waals surface area contributed by atoms with Crippen LogP contribution < -0.4 is 10.6 Å². The van der Waals surface area contributed by atoms with Crippen LogP contribution in [0.15, 0.2) is 24.4 Å². The molecule has 82 valence electrons. The maximum absolute atomic E-state index is 11.6. The van der Waals surface area contributed by atoms with Crippen molar-refractivity contribution in [1.82, 2.24) is 10.3 Å². The van der Waals surface area contributed by atoms with E-state index >= 15 is 0 Å². The molecule has 4 heteroatoms. The molecule has 15 heavy (non-hydrogen) atoms. The zero-order valence-electron chi connectivity index (χ0n) is 9.37. The third kappa shape index (κ3) is 4.08. The number of carbonyl (C=O) groups excluding carboxylic acids is 1. The van der Waals surface area contributed by atoms with Crippen molar-refractivity contribution in [2.75, 3.05) is 12.4 Å². The highest BCUT2D eigenvalue weighted by molar-refractivity contribution is 5.90. The van der Waals surface area contributed by atoms with Gasteiger partial charge in [0.05, 0.1) is 0 Å². The molecule has 0 aliphatic rings. The lowest BCUT2D eigenvalue weighted by molar-refractivity contribution is -0.117. The lowest BCUT2D eigenvalue weighted by Gasteiger charge is -2.22. The number of anilines is 1. The third-order valence-electron chi connectivity index (χ3n) is 2.21. The van der Waals surface area contributed by atoms with Crippen LogP contribution in [-0.4, -0.2) is 23.5 Å². The van der Waals surface area contributed by atoms with Crippen LogP contribution in [0.2, 0.25) is 0 Å². The minimum Gasteiger partial charge on any atom is -0.314 e. The van der Waals surface area contributed by atoms with Gasteiger partial charge in [-0.3, -0.25) is 4.79 Å². The topological polar surface area (TPSA) is 54.0 Å². The zero-order chi connectivity index (χ0) is 11.3. The van der Waals surface area contributed by atoms with Crippen molar-refractivity contribution in [1.29, 1.82) is 0 Å². The third-order valence-corrected chi connectivity index (χ3v) is 2.21. The highest BCUT2D eigenvalue weighted by Crippen LogP contribution is 2.09. The minimum atomic E-state index is -0.196. The van der Waals surface area contributed by atoms with E-state index in [0.717, 1.165) is 0 Å². The molecule has 0 aliphatic carbocycles. The maximum atomic E-state index is 11.6. The van der Waals surface area contributed by atoms with E-state index in [9.17, 15) is 4.79 Å². The molecule has 0 radical (unpaired) electrons. The predicted molar refractivity (Wildman–Crippen MR) is 60.6 cm³/mol. The Morgan fingerprint density at radius 2 is 2.20 bits per heavy atom. The molecule has 1 aromatic rings. The van der Waals surface area contributed by atoms with Crippen molar-refractivity contribution >= 4 is 11.7 Å². The molecule has 0 spiro atoms. The maximum Gasteiger partial charge on any atom is 0.227 e. The Bertz CT molecular complexity index is 322. The van der Waals surface area contributed by atoms with E-state index < -0.39 is 0 Å². The van der Waals surface area contributed by atoms with Crippen LogP contribution in [0.3, 0.4) is 0 Å². The lowest BCUT2D eigenvalue weighted by atomic mass is 10.0. The van der Waals surface area contributed by atoms with Crippen molar-refractivity contribution in [3.8, 4) is 0 Å². The summed E-state index contributed by atoms with van der Waals surface area (Å²) in [4.78, 5) is 15.6. The van der Waals surface area contributed by atoms with E-state index in [0.29, 0.717) is 12.2 Å². The number of hydrogen-bond donors (Lipinski definition) is 2. The molecule has 0 bridgehead atoms. The van der Waals surface area contributed by atoms with Gasteiger partial charge in [-0.15, -0.1) is 0 Å². The molecular weight excluding hydrogens is 190 g/mol. The number of hydrogen-bond acceptors (Lipinski definition) is 3. The van der Waals surface area contributed by atoms with Gasteiger partial charge in [-0.25, -0.2) is 4.98 Å². The fraction of sp³-hybridized carbons (Fsp3) is 0.455. The van der Waals surface area contributed by atoms with Gasteiger partial charge in [0.15, 0.2) is 0 Å². The first-order chi connectivity index (χ1) is 7.03. The van der Waals surface area contributed by atoms with Gasteiger partial charge in [0.1, 0.15) is 5.82 Å². The fourth-order valence-corrected chi connectivity index (χ4v) is 1.11. The summed E-state index contributed by atoms with van der Waals surface area (Å²) < 4.78 is 0. The van der Waals surface area contributed by atoms with Crippen molar-refractivity contribution < 1.29 is 4.79 Å². The van der Waals surface area contributed by atoms with Crippen LogP contribution >= 0.6 is 0 Å². The monoisotopic (exact) mass is 207 g/mol. The van der Waals surface area contributed by atoms with E-state index in [1.54, 1.807) is 12.3 Å². The number of nitrogens with one attached hydrogen (secondary N) is 2. The molecule has 2 N–H and O–H groups in total. The summed E-state index contributed by atoms with van der Waals surface area (Å²) in [6, 6.07) is 5.42. The zero-order valence-corrected chi connectivity index (χ0v) is 9.37. The summed E-state index contributed by atoms with van der Waals surface area (Å²) in [7, 11) is 1.84. The minimum absolute atomic E-state index is 0.0342. The molecule has 1 amide bonds. The quantitative estimate of drug-likeness (QED) is 0.784. The van der Waals surface area contributed by atoms with Gasteiger partial charge >= 0.3 is 0 Å². The van der Waals surface area contributed by atoms with Gasteiger partial charge in [-0.05, 0) is 33.0 Å². The Hall–Kier alpha value is -1.42. The predicted octanol–water partition coefficient (Wildman–Crippen LogP) is 1.41. The average Bonchev–Trinajstić information content (AvgIpc) is 2.18. The second-order valence-electron chi connectivity index (χ2n) is 4.07. The summed E-state index contributed by atoms with van der Waals surface area (Å²) in [5.41, 5.74) is -0.196. The molecule has 1 rings (SSSR count). The number of carbonyl (C=O) groups is 1. The Balaban J connectivity index is 2.51. The van der Waals surface area contributed by atoms with E-state index in [4.69, 9.17) is 0 Å².